The number of nitrogens with two attached hydrogens (primary N) is 1. The van der Waals surface area contributed by atoms with Gasteiger partial charge in [-0.15, -0.1) is 0 Å². The van der Waals surface area contributed by atoms with Gasteiger partial charge in [-0.25, -0.2) is 4.79 Å². The monoisotopic (exact) mass is 244 g/mol. The molecule has 5 nitrogen and oxygen atoms in total. The number of aliphatic hydroxyl groups is 1. The van der Waals surface area contributed by atoms with Gasteiger partial charge in [0.15, 0.2) is 0 Å². The van der Waals surface area contributed by atoms with Gasteiger partial charge < -0.3 is 20.5 Å². The molecule has 1 saturated heterocycles. The SMILES string of the molecule is CC(C)(C)OC(=O)N1CCCCC(O)C1CN. The van der Waals surface area contributed by atoms with Crippen molar-refractivity contribution < 1.29 is 14.6 Å². The lowest BCUT2D eigenvalue weighted by atomic mass is 10.1. The maximum absolute atomic E-state index is 12.0. The van der Waals surface area contributed by atoms with Gasteiger partial charge in [0.05, 0.1) is 12.1 Å². The van der Waals surface area contributed by atoms with Crippen LogP contribution in [0.3, 0.4) is 0 Å². The Bertz CT molecular complexity index is 263. The summed E-state index contributed by atoms with van der Waals surface area (Å²) in [6, 6.07) is -0.327. The Kier molecular flexibility index (Phi) is 4.77. The number of likely N-dealkylation sites (tertiary alicyclic amines) is 1. The minimum absolute atomic E-state index is 0.264. The average Bonchev–Trinajstić information content (AvgIpc) is 2.37. The van der Waals surface area contributed by atoms with E-state index in [2.05, 4.69) is 0 Å². The second-order valence-electron chi connectivity index (χ2n) is 5.54. The van der Waals surface area contributed by atoms with Gasteiger partial charge in [-0.1, -0.05) is 0 Å². The number of amides is 1. The van der Waals surface area contributed by atoms with Gasteiger partial charge in [0.2, 0.25) is 0 Å². The third kappa shape index (κ3) is 4.16. The normalized spacial score (nSPS) is 26.5. The average molecular weight is 244 g/mol. The van der Waals surface area contributed by atoms with Gasteiger partial charge in [0, 0.05) is 13.1 Å². The molecule has 0 aromatic carbocycles. The van der Waals surface area contributed by atoms with E-state index in [1.54, 1.807) is 4.90 Å². The Balaban J connectivity index is 2.73. The summed E-state index contributed by atoms with van der Waals surface area (Å²) in [5.74, 6) is 0. The summed E-state index contributed by atoms with van der Waals surface area (Å²) in [4.78, 5) is 13.6. The molecule has 100 valence electrons. The van der Waals surface area contributed by atoms with Crippen LogP contribution in [0.2, 0.25) is 0 Å². The van der Waals surface area contributed by atoms with Crippen LogP contribution < -0.4 is 5.73 Å². The highest BCUT2D eigenvalue weighted by atomic mass is 16.6. The van der Waals surface area contributed by atoms with Crippen molar-refractivity contribution in [1.29, 1.82) is 0 Å². The fourth-order valence-electron chi connectivity index (χ4n) is 2.03. The lowest BCUT2D eigenvalue weighted by Gasteiger charge is -2.33. The summed E-state index contributed by atoms with van der Waals surface area (Å²) in [5.41, 5.74) is 5.13. The molecule has 0 aromatic heterocycles. The zero-order valence-electron chi connectivity index (χ0n) is 11.0. The van der Waals surface area contributed by atoms with E-state index in [1.165, 1.54) is 0 Å². The van der Waals surface area contributed by atoms with E-state index < -0.39 is 11.7 Å². The number of carbonyl (C=O) groups excluding carboxylic acids is 1. The van der Waals surface area contributed by atoms with Crippen molar-refractivity contribution in [1.82, 2.24) is 4.90 Å². The van der Waals surface area contributed by atoms with Gasteiger partial charge in [-0.3, -0.25) is 0 Å². The molecule has 0 saturated carbocycles. The maximum atomic E-state index is 12.0. The summed E-state index contributed by atoms with van der Waals surface area (Å²) >= 11 is 0. The standard InChI is InChI=1S/C12H24N2O3/c1-12(2,3)17-11(16)14-7-5-4-6-10(15)9(14)8-13/h9-10,15H,4-8,13H2,1-3H3. The highest BCUT2D eigenvalue weighted by molar-refractivity contribution is 5.68. The largest absolute Gasteiger partial charge is 0.444 e. The van der Waals surface area contributed by atoms with E-state index in [1.807, 2.05) is 20.8 Å². The van der Waals surface area contributed by atoms with Crippen LogP contribution in [0.1, 0.15) is 40.0 Å². The molecule has 1 heterocycles. The minimum atomic E-state index is -0.546. The Labute approximate surface area is 103 Å². The fraction of sp³-hybridized carbons (Fsp3) is 0.917. The molecule has 1 aliphatic heterocycles. The number of ether oxygens (including phenoxy) is 1. The molecule has 1 amide bonds. The van der Waals surface area contributed by atoms with Gasteiger partial charge in [0.25, 0.3) is 0 Å². The van der Waals surface area contributed by atoms with Crippen LogP contribution in [0, 0.1) is 0 Å². The van der Waals surface area contributed by atoms with Crippen molar-refractivity contribution in [3.63, 3.8) is 0 Å². The second kappa shape index (κ2) is 5.69. The van der Waals surface area contributed by atoms with Crippen LogP contribution in [0.15, 0.2) is 0 Å². The van der Waals surface area contributed by atoms with Crippen molar-refractivity contribution in [2.45, 2.75) is 57.8 Å². The topological polar surface area (TPSA) is 75.8 Å². The van der Waals surface area contributed by atoms with E-state index in [0.717, 1.165) is 12.8 Å². The highest BCUT2D eigenvalue weighted by Gasteiger charge is 2.33. The summed E-state index contributed by atoms with van der Waals surface area (Å²) in [7, 11) is 0. The summed E-state index contributed by atoms with van der Waals surface area (Å²) in [6.45, 7) is 6.36. The Morgan fingerprint density at radius 1 is 1.47 bits per heavy atom. The molecule has 5 heteroatoms. The van der Waals surface area contributed by atoms with E-state index >= 15 is 0 Å². The van der Waals surface area contributed by atoms with Crippen LogP contribution in [-0.4, -0.2) is 46.9 Å². The zero-order valence-corrected chi connectivity index (χ0v) is 11.0. The number of nitrogens with zero attached hydrogens (tertiary/aromatic N) is 1. The first kappa shape index (κ1) is 14.3. The lowest BCUT2D eigenvalue weighted by Crippen LogP contribution is -2.51. The summed E-state index contributed by atoms with van der Waals surface area (Å²) in [5, 5.41) is 9.94. The molecule has 0 spiro atoms. The molecule has 0 radical (unpaired) electrons. The zero-order chi connectivity index (χ0) is 13.1. The summed E-state index contributed by atoms with van der Waals surface area (Å²) in [6.07, 6.45) is 1.56. The maximum Gasteiger partial charge on any atom is 0.410 e. The fourth-order valence-corrected chi connectivity index (χ4v) is 2.03. The van der Waals surface area contributed by atoms with Crippen molar-refractivity contribution >= 4 is 6.09 Å². The Morgan fingerprint density at radius 3 is 2.65 bits per heavy atom. The van der Waals surface area contributed by atoms with E-state index in [4.69, 9.17) is 10.5 Å². The van der Waals surface area contributed by atoms with E-state index in [9.17, 15) is 9.90 Å². The molecule has 1 fully saturated rings. The number of carbonyl (C=O) groups is 1. The summed E-state index contributed by atoms with van der Waals surface area (Å²) < 4.78 is 5.33. The van der Waals surface area contributed by atoms with Crippen molar-refractivity contribution in [2.24, 2.45) is 5.73 Å². The van der Waals surface area contributed by atoms with E-state index in [0.29, 0.717) is 13.0 Å². The second-order valence-corrected chi connectivity index (χ2v) is 5.54. The molecule has 0 aliphatic carbocycles. The first-order chi connectivity index (χ1) is 7.85. The predicted octanol–water partition coefficient (Wildman–Crippen LogP) is 1.10. The number of aliphatic hydroxyl groups excluding tert-OH is 1. The molecule has 0 bridgehead atoms. The number of hydrogen-bond acceptors (Lipinski definition) is 4. The smallest absolute Gasteiger partial charge is 0.410 e. The quantitative estimate of drug-likeness (QED) is 0.724. The Hall–Kier alpha value is -0.810. The van der Waals surface area contributed by atoms with Crippen LogP contribution in [-0.2, 0) is 4.74 Å². The number of hydrogen-bond donors (Lipinski definition) is 2. The molecule has 2 unspecified atom stereocenters. The molecule has 0 aromatic rings. The van der Waals surface area contributed by atoms with Gasteiger partial charge in [-0.05, 0) is 40.0 Å². The van der Waals surface area contributed by atoms with Crippen LogP contribution in [0.4, 0.5) is 4.79 Å². The van der Waals surface area contributed by atoms with Gasteiger partial charge in [0.1, 0.15) is 5.60 Å². The Morgan fingerprint density at radius 2 is 2.12 bits per heavy atom. The van der Waals surface area contributed by atoms with Crippen molar-refractivity contribution in [2.75, 3.05) is 13.1 Å². The third-order valence-corrected chi connectivity index (χ3v) is 2.86. The highest BCUT2D eigenvalue weighted by Crippen LogP contribution is 2.19. The number of rotatable bonds is 1. The molecule has 1 aliphatic rings. The molecular weight excluding hydrogens is 220 g/mol. The van der Waals surface area contributed by atoms with Gasteiger partial charge >= 0.3 is 6.09 Å². The third-order valence-electron chi connectivity index (χ3n) is 2.86. The van der Waals surface area contributed by atoms with Crippen LogP contribution in [0.25, 0.3) is 0 Å². The van der Waals surface area contributed by atoms with Crippen LogP contribution in [0.5, 0.6) is 0 Å². The minimum Gasteiger partial charge on any atom is -0.444 e. The predicted molar refractivity (Wildman–Crippen MR) is 65.6 cm³/mol. The van der Waals surface area contributed by atoms with Gasteiger partial charge in [-0.2, -0.15) is 0 Å². The molecular formula is C12H24N2O3. The lowest BCUT2D eigenvalue weighted by molar-refractivity contribution is -0.0000781. The van der Waals surface area contributed by atoms with Crippen molar-refractivity contribution in [3.05, 3.63) is 0 Å². The molecule has 3 N–H and O–H groups in total. The molecule has 2 atom stereocenters. The van der Waals surface area contributed by atoms with Crippen LogP contribution >= 0.6 is 0 Å². The first-order valence-electron chi connectivity index (χ1n) is 6.23. The molecule has 17 heavy (non-hydrogen) atoms. The van der Waals surface area contributed by atoms with Crippen molar-refractivity contribution in [3.8, 4) is 0 Å². The van der Waals surface area contributed by atoms with E-state index in [-0.39, 0.29) is 18.7 Å². The first-order valence-corrected chi connectivity index (χ1v) is 6.23. The molecule has 1 rings (SSSR count).